The molecule has 0 amide bonds. The lowest BCUT2D eigenvalue weighted by atomic mass is 10.9. The molecule has 3 nitrogen and oxygen atoms in total. The summed E-state index contributed by atoms with van der Waals surface area (Å²) in [6.07, 6.45) is 0. The summed E-state index contributed by atoms with van der Waals surface area (Å²) in [7, 11) is -4.02. The zero-order chi connectivity index (χ0) is 13.4. The minimum Gasteiger partial charge on any atom is -0.414 e. The van der Waals surface area contributed by atoms with E-state index < -0.39 is 15.9 Å². The first-order chi connectivity index (χ1) is 8.11. The van der Waals surface area contributed by atoms with E-state index in [2.05, 4.69) is 41.5 Å². The van der Waals surface area contributed by atoms with Gasteiger partial charge in [-0.15, -0.1) is 0 Å². The second-order valence-corrected chi connectivity index (χ2v) is 15.6. The number of rotatable bonds is 10. The first-order valence-corrected chi connectivity index (χ1v) is 12.4. The maximum atomic E-state index is 6.24. The van der Waals surface area contributed by atoms with Gasteiger partial charge in [-0.05, 0) is 38.9 Å². The molecule has 0 spiro atoms. The van der Waals surface area contributed by atoms with Crippen molar-refractivity contribution in [3.05, 3.63) is 0 Å². The largest absolute Gasteiger partial charge is 0.414 e. The molecule has 0 bridgehead atoms. The van der Waals surface area contributed by atoms with Gasteiger partial charge in [0.25, 0.3) is 0 Å². The van der Waals surface area contributed by atoms with Gasteiger partial charge < -0.3 is 13.3 Å². The van der Waals surface area contributed by atoms with E-state index in [-0.39, 0.29) is 0 Å². The van der Waals surface area contributed by atoms with E-state index in [1.54, 1.807) is 0 Å². The van der Waals surface area contributed by atoms with E-state index in [1.165, 1.54) is 0 Å². The van der Waals surface area contributed by atoms with E-state index >= 15 is 0 Å². The van der Waals surface area contributed by atoms with Gasteiger partial charge in [-0.25, -0.2) is 0 Å². The molecule has 0 unspecified atom stereocenters. The topological polar surface area (TPSA) is 27.7 Å². The molecule has 0 aromatic carbocycles. The molecule has 0 saturated heterocycles. The Morgan fingerprint density at radius 1 is 0.588 bits per heavy atom. The highest BCUT2D eigenvalue weighted by atomic mass is 29.3. The Morgan fingerprint density at radius 2 is 1.00 bits per heavy atom. The highest BCUT2D eigenvalue weighted by Crippen LogP contribution is 2.33. The van der Waals surface area contributed by atoms with Crippen molar-refractivity contribution >= 4 is 15.9 Å². The molecule has 0 rings (SSSR count). The molecule has 0 fully saturated rings. The van der Waals surface area contributed by atoms with Gasteiger partial charge in [0.15, 0.2) is 0 Å². The van der Waals surface area contributed by atoms with Crippen LogP contribution in [-0.4, -0.2) is 35.7 Å². The summed E-state index contributed by atoms with van der Waals surface area (Å²) in [5, 5.41) is 0. The fourth-order valence-corrected chi connectivity index (χ4v) is 16.7. The lowest BCUT2D eigenvalue weighted by Crippen LogP contribution is -2.67. The Balaban J connectivity index is 5.29. The molecule has 0 heterocycles. The smallest absolute Gasteiger partial charge is 0.349 e. The Kier molecular flexibility index (Phi) is 8.58. The van der Waals surface area contributed by atoms with Crippen LogP contribution in [0.5, 0.6) is 0 Å². The number of hydrogen-bond acceptors (Lipinski definition) is 3. The third kappa shape index (κ3) is 3.64. The molecule has 0 aliphatic heterocycles. The van der Waals surface area contributed by atoms with Crippen molar-refractivity contribution in [3.8, 4) is 0 Å². The lowest BCUT2D eigenvalue weighted by molar-refractivity contribution is 0.187. The maximum Gasteiger partial charge on any atom is 0.349 e. The van der Waals surface area contributed by atoms with Gasteiger partial charge in [-0.3, -0.25) is 0 Å². The van der Waals surface area contributed by atoms with Crippen LogP contribution in [-0.2, 0) is 13.3 Å². The normalized spacial score (nSPS) is 13.1. The molecule has 0 aliphatic rings. The van der Waals surface area contributed by atoms with Crippen molar-refractivity contribution in [2.45, 2.75) is 59.7 Å². The van der Waals surface area contributed by atoms with Gasteiger partial charge in [0.05, 0.1) is 0 Å². The van der Waals surface area contributed by atoms with Crippen LogP contribution in [0.4, 0.5) is 0 Å². The molecule has 0 saturated carbocycles. The summed E-state index contributed by atoms with van der Waals surface area (Å²) >= 11 is 0. The van der Waals surface area contributed by atoms with E-state index in [4.69, 9.17) is 13.3 Å². The predicted molar refractivity (Wildman–Crippen MR) is 77.8 cm³/mol. The molecule has 0 radical (unpaired) electrons. The Labute approximate surface area is 109 Å². The first kappa shape index (κ1) is 17.3. The van der Waals surface area contributed by atoms with E-state index in [9.17, 15) is 0 Å². The molecule has 0 aliphatic carbocycles. The molecule has 0 atom stereocenters. The van der Waals surface area contributed by atoms with Crippen molar-refractivity contribution in [3.63, 3.8) is 0 Å². The summed E-state index contributed by atoms with van der Waals surface area (Å²) in [4.78, 5) is 0. The fraction of sp³-hybridized carbons (Fsp3) is 1.00. The Morgan fingerprint density at radius 3 is 1.24 bits per heavy atom. The third-order valence-electron chi connectivity index (χ3n) is 3.48. The first-order valence-electron chi connectivity index (χ1n) is 7.03. The van der Waals surface area contributed by atoms with Gasteiger partial charge in [-0.1, -0.05) is 20.8 Å². The van der Waals surface area contributed by atoms with Crippen molar-refractivity contribution < 1.29 is 13.3 Å². The summed E-state index contributed by atoms with van der Waals surface area (Å²) in [5.74, 6) is 0. The summed E-state index contributed by atoms with van der Waals surface area (Å²) in [6, 6.07) is 3.19. The maximum absolute atomic E-state index is 6.24. The summed E-state index contributed by atoms with van der Waals surface area (Å²) in [6.45, 7) is 15.1. The van der Waals surface area contributed by atoms with Gasteiger partial charge in [0.2, 0.25) is 7.83 Å². The molecule has 0 N–H and O–H groups in total. The van der Waals surface area contributed by atoms with Gasteiger partial charge >= 0.3 is 8.08 Å². The van der Waals surface area contributed by atoms with Gasteiger partial charge in [0, 0.05) is 19.8 Å². The minimum absolute atomic E-state index is 0.738. The average molecular weight is 279 g/mol. The molecule has 0 aromatic heterocycles. The van der Waals surface area contributed by atoms with Crippen LogP contribution in [0.15, 0.2) is 0 Å². The van der Waals surface area contributed by atoms with Crippen LogP contribution >= 0.6 is 0 Å². The zero-order valence-corrected chi connectivity index (χ0v) is 14.5. The predicted octanol–water partition coefficient (Wildman–Crippen LogP) is 3.62. The van der Waals surface area contributed by atoms with Crippen LogP contribution < -0.4 is 0 Å². The van der Waals surface area contributed by atoms with Crippen LogP contribution in [0.1, 0.15) is 41.5 Å². The quantitative estimate of drug-likeness (QED) is 0.571. The molecule has 104 valence electrons. The molecular formula is C12H30O3Si2. The van der Waals surface area contributed by atoms with Gasteiger partial charge in [-0.2, -0.15) is 0 Å². The van der Waals surface area contributed by atoms with Crippen molar-refractivity contribution in [1.29, 1.82) is 0 Å². The molecule has 0 aromatic rings. The van der Waals surface area contributed by atoms with Crippen LogP contribution in [0, 0.1) is 0 Å². The third-order valence-corrected chi connectivity index (χ3v) is 19.1. The van der Waals surface area contributed by atoms with Crippen LogP contribution in [0.25, 0.3) is 0 Å². The second-order valence-electron chi connectivity index (χ2n) is 4.11. The standard InChI is InChI=1S/C12H30O3Si2/c1-7-13-16(10-4,11-5)17(12-6,14-8-2)15-9-3/h7-12H2,1-6H3. The Bertz CT molecular complexity index is 190. The molecular weight excluding hydrogens is 248 g/mol. The van der Waals surface area contributed by atoms with Crippen LogP contribution in [0.2, 0.25) is 18.1 Å². The fourth-order valence-electron chi connectivity index (χ4n) is 2.68. The second kappa shape index (κ2) is 8.42. The average Bonchev–Trinajstić information content (AvgIpc) is 2.35. The van der Waals surface area contributed by atoms with Gasteiger partial charge in [0.1, 0.15) is 0 Å². The van der Waals surface area contributed by atoms with Crippen LogP contribution in [0.3, 0.4) is 0 Å². The Hall–Kier alpha value is 0.314. The van der Waals surface area contributed by atoms with Crippen molar-refractivity contribution in [2.75, 3.05) is 19.8 Å². The van der Waals surface area contributed by atoms with E-state index in [1.807, 2.05) is 0 Å². The molecule has 17 heavy (non-hydrogen) atoms. The monoisotopic (exact) mass is 278 g/mol. The lowest BCUT2D eigenvalue weighted by Gasteiger charge is -2.43. The zero-order valence-electron chi connectivity index (χ0n) is 12.5. The van der Waals surface area contributed by atoms with Crippen molar-refractivity contribution in [1.82, 2.24) is 0 Å². The highest BCUT2D eigenvalue weighted by molar-refractivity contribution is 7.34. The van der Waals surface area contributed by atoms with Crippen molar-refractivity contribution in [2.24, 2.45) is 0 Å². The summed E-state index contributed by atoms with van der Waals surface area (Å²) in [5.41, 5.74) is 0. The van der Waals surface area contributed by atoms with E-state index in [0.717, 1.165) is 38.0 Å². The molecule has 5 heteroatoms. The SMILES string of the molecule is CCO[Si](CC)(CC)[Si](CC)(OCC)OCC. The van der Waals surface area contributed by atoms with E-state index in [0.29, 0.717) is 0 Å². The highest BCUT2D eigenvalue weighted by Gasteiger charge is 2.58. The number of hydrogen-bond donors (Lipinski definition) is 0. The summed E-state index contributed by atoms with van der Waals surface area (Å²) < 4.78 is 18.6. The minimum atomic E-state index is -2.15.